The van der Waals surface area contributed by atoms with E-state index in [2.05, 4.69) is 10.3 Å². The summed E-state index contributed by atoms with van der Waals surface area (Å²) in [7, 11) is 0. The van der Waals surface area contributed by atoms with Crippen LogP contribution < -0.4 is 16.6 Å². The number of nitrogens with one attached hydrogen (secondary N) is 2. The Labute approximate surface area is 158 Å². The van der Waals surface area contributed by atoms with Crippen molar-refractivity contribution in [2.24, 2.45) is 5.92 Å². The SMILES string of the molecule is CC(C)CC(C(=O)NC(CC(=O)O)C(=O)O)n1c(=O)[nH]c2ccccc2c1=O. The number of amides is 1. The average Bonchev–Trinajstić information content (AvgIpc) is 2.59. The van der Waals surface area contributed by atoms with Gasteiger partial charge in [0.25, 0.3) is 5.56 Å². The molecule has 2 rings (SSSR count). The van der Waals surface area contributed by atoms with Crippen LogP contribution in [-0.2, 0) is 14.4 Å². The van der Waals surface area contributed by atoms with Crippen LogP contribution in [0.15, 0.2) is 33.9 Å². The summed E-state index contributed by atoms with van der Waals surface area (Å²) >= 11 is 0. The molecule has 2 aromatic rings. The molecule has 1 aromatic carbocycles. The molecule has 0 bridgehead atoms. The largest absolute Gasteiger partial charge is 0.481 e. The lowest BCUT2D eigenvalue weighted by Crippen LogP contribution is -2.49. The molecular formula is C18H21N3O7. The summed E-state index contributed by atoms with van der Waals surface area (Å²) in [5.41, 5.74) is -1.19. The zero-order valence-corrected chi connectivity index (χ0v) is 15.3. The minimum Gasteiger partial charge on any atom is -0.481 e. The predicted octanol–water partition coefficient (Wildman–Crippen LogP) is 0.321. The quantitative estimate of drug-likeness (QED) is 0.504. The number of carbonyl (C=O) groups is 3. The van der Waals surface area contributed by atoms with Gasteiger partial charge in [-0.15, -0.1) is 0 Å². The van der Waals surface area contributed by atoms with Crippen molar-refractivity contribution in [2.45, 2.75) is 38.8 Å². The van der Waals surface area contributed by atoms with Gasteiger partial charge in [0.1, 0.15) is 12.1 Å². The molecule has 2 atom stereocenters. The van der Waals surface area contributed by atoms with Crippen LogP contribution >= 0.6 is 0 Å². The minimum absolute atomic E-state index is 0.0760. The molecule has 0 saturated heterocycles. The van der Waals surface area contributed by atoms with Crippen molar-refractivity contribution in [3.8, 4) is 0 Å². The van der Waals surface area contributed by atoms with E-state index < -0.39 is 47.6 Å². The number of nitrogens with zero attached hydrogens (tertiary/aromatic N) is 1. The van der Waals surface area contributed by atoms with E-state index in [1.807, 2.05) is 0 Å². The molecule has 0 spiro atoms. The normalized spacial score (nSPS) is 13.2. The molecule has 150 valence electrons. The first-order chi connectivity index (χ1) is 13.1. The average molecular weight is 391 g/mol. The fraction of sp³-hybridized carbons (Fsp3) is 0.389. The summed E-state index contributed by atoms with van der Waals surface area (Å²) in [6, 6.07) is 3.32. The number of aromatic amines is 1. The van der Waals surface area contributed by atoms with Gasteiger partial charge >= 0.3 is 17.6 Å². The topological polar surface area (TPSA) is 159 Å². The van der Waals surface area contributed by atoms with Crippen molar-refractivity contribution in [3.05, 3.63) is 45.1 Å². The maximum absolute atomic E-state index is 12.8. The predicted molar refractivity (Wildman–Crippen MR) is 99.1 cm³/mol. The maximum atomic E-state index is 12.8. The van der Waals surface area contributed by atoms with Crippen molar-refractivity contribution < 1.29 is 24.6 Å². The van der Waals surface area contributed by atoms with Crippen LogP contribution in [0.5, 0.6) is 0 Å². The summed E-state index contributed by atoms with van der Waals surface area (Å²) in [6.45, 7) is 3.54. The first-order valence-electron chi connectivity index (χ1n) is 8.60. The zero-order valence-electron chi connectivity index (χ0n) is 15.3. The summed E-state index contributed by atoms with van der Waals surface area (Å²) in [6.07, 6.45) is -0.759. The van der Waals surface area contributed by atoms with Crippen LogP contribution in [0.4, 0.5) is 0 Å². The number of rotatable bonds is 8. The number of carbonyl (C=O) groups excluding carboxylic acids is 1. The van der Waals surface area contributed by atoms with E-state index >= 15 is 0 Å². The maximum Gasteiger partial charge on any atom is 0.329 e. The molecule has 1 aromatic heterocycles. The van der Waals surface area contributed by atoms with Crippen LogP contribution in [-0.4, -0.2) is 43.7 Å². The number of aliphatic carboxylic acids is 2. The van der Waals surface area contributed by atoms with Crippen LogP contribution in [0.2, 0.25) is 0 Å². The number of hydrogen-bond donors (Lipinski definition) is 4. The van der Waals surface area contributed by atoms with Crippen molar-refractivity contribution in [3.63, 3.8) is 0 Å². The van der Waals surface area contributed by atoms with Crippen LogP contribution in [0.25, 0.3) is 10.9 Å². The fourth-order valence-corrected chi connectivity index (χ4v) is 2.88. The number of aromatic nitrogens is 2. The van der Waals surface area contributed by atoms with E-state index in [1.54, 1.807) is 32.0 Å². The number of benzene rings is 1. The van der Waals surface area contributed by atoms with E-state index in [4.69, 9.17) is 10.2 Å². The fourth-order valence-electron chi connectivity index (χ4n) is 2.88. The third-order valence-electron chi connectivity index (χ3n) is 4.14. The van der Waals surface area contributed by atoms with E-state index in [0.717, 1.165) is 4.57 Å². The van der Waals surface area contributed by atoms with Crippen LogP contribution in [0.1, 0.15) is 32.7 Å². The standard InChI is InChI=1S/C18H21N3O7/c1-9(2)7-13(15(24)19-12(17(26)27)8-14(22)23)21-16(25)10-5-3-4-6-11(10)20-18(21)28/h3-6,9,12-13H,7-8H2,1-2H3,(H,19,24)(H,20,28)(H,22,23)(H,26,27). The van der Waals surface area contributed by atoms with Gasteiger partial charge in [0.2, 0.25) is 5.91 Å². The smallest absolute Gasteiger partial charge is 0.329 e. The highest BCUT2D eigenvalue weighted by Crippen LogP contribution is 2.16. The Morgan fingerprint density at radius 1 is 1.14 bits per heavy atom. The Balaban J connectivity index is 2.52. The van der Waals surface area contributed by atoms with E-state index in [-0.39, 0.29) is 17.7 Å². The number of H-pyrrole nitrogens is 1. The molecule has 0 radical (unpaired) electrons. The second kappa shape index (κ2) is 8.51. The molecule has 0 aliphatic rings. The third kappa shape index (κ3) is 4.64. The second-order valence-electron chi connectivity index (χ2n) is 6.79. The van der Waals surface area contributed by atoms with Crippen molar-refractivity contribution in [1.29, 1.82) is 0 Å². The van der Waals surface area contributed by atoms with Crippen molar-refractivity contribution in [2.75, 3.05) is 0 Å². The van der Waals surface area contributed by atoms with Gasteiger partial charge in [-0.1, -0.05) is 26.0 Å². The van der Waals surface area contributed by atoms with E-state index in [0.29, 0.717) is 5.52 Å². The van der Waals surface area contributed by atoms with Gasteiger partial charge in [-0.3, -0.25) is 14.4 Å². The molecule has 1 amide bonds. The van der Waals surface area contributed by atoms with E-state index in [9.17, 15) is 24.0 Å². The monoisotopic (exact) mass is 391 g/mol. The lowest BCUT2D eigenvalue weighted by molar-refractivity contribution is -0.147. The number of fused-ring (bicyclic) bond motifs is 1. The molecule has 4 N–H and O–H groups in total. The minimum atomic E-state index is -1.69. The Morgan fingerprint density at radius 2 is 1.79 bits per heavy atom. The molecule has 28 heavy (non-hydrogen) atoms. The first kappa shape index (κ1) is 20.9. The molecule has 2 unspecified atom stereocenters. The van der Waals surface area contributed by atoms with Gasteiger partial charge in [-0.05, 0) is 24.5 Å². The lowest BCUT2D eigenvalue weighted by atomic mass is 10.0. The van der Waals surface area contributed by atoms with Gasteiger partial charge in [-0.25, -0.2) is 14.2 Å². The van der Waals surface area contributed by atoms with Crippen molar-refractivity contribution >= 4 is 28.7 Å². The number of para-hydroxylation sites is 1. The number of carboxylic acid groups (broad SMARTS) is 2. The molecule has 0 aliphatic carbocycles. The summed E-state index contributed by atoms with van der Waals surface area (Å²) in [5.74, 6) is -3.96. The van der Waals surface area contributed by atoms with Gasteiger partial charge in [0.05, 0.1) is 17.3 Å². The Hall–Kier alpha value is -3.43. The first-order valence-corrected chi connectivity index (χ1v) is 8.60. The molecule has 0 fully saturated rings. The number of carboxylic acids is 2. The van der Waals surface area contributed by atoms with Crippen molar-refractivity contribution in [1.82, 2.24) is 14.9 Å². The Morgan fingerprint density at radius 3 is 2.36 bits per heavy atom. The van der Waals surface area contributed by atoms with Crippen LogP contribution in [0, 0.1) is 5.92 Å². The van der Waals surface area contributed by atoms with Gasteiger partial charge in [0, 0.05) is 0 Å². The molecule has 0 aliphatic heterocycles. The van der Waals surface area contributed by atoms with E-state index in [1.165, 1.54) is 6.07 Å². The molecule has 0 saturated carbocycles. The lowest BCUT2D eigenvalue weighted by Gasteiger charge is -2.22. The molecule has 1 heterocycles. The van der Waals surface area contributed by atoms with Gasteiger partial charge < -0.3 is 20.5 Å². The highest BCUT2D eigenvalue weighted by Gasteiger charge is 2.30. The van der Waals surface area contributed by atoms with Gasteiger partial charge in [-0.2, -0.15) is 0 Å². The highest BCUT2D eigenvalue weighted by molar-refractivity contribution is 5.88. The molecular weight excluding hydrogens is 370 g/mol. The number of hydrogen-bond acceptors (Lipinski definition) is 5. The second-order valence-corrected chi connectivity index (χ2v) is 6.79. The zero-order chi connectivity index (χ0) is 21.0. The summed E-state index contributed by atoms with van der Waals surface area (Å²) < 4.78 is 0.747. The summed E-state index contributed by atoms with van der Waals surface area (Å²) in [4.78, 5) is 62.7. The Bertz CT molecular complexity index is 1020. The summed E-state index contributed by atoms with van der Waals surface area (Å²) in [5, 5.41) is 20.3. The van der Waals surface area contributed by atoms with Gasteiger partial charge in [0.15, 0.2) is 0 Å². The third-order valence-corrected chi connectivity index (χ3v) is 4.14. The molecule has 10 nitrogen and oxygen atoms in total. The highest BCUT2D eigenvalue weighted by atomic mass is 16.4. The van der Waals surface area contributed by atoms with Crippen LogP contribution in [0.3, 0.4) is 0 Å². The molecule has 10 heteroatoms. The Kier molecular flexibility index (Phi) is 6.34.